The van der Waals surface area contributed by atoms with E-state index >= 15 is 0 Å². The molecule has 2 aromatic carbocycles. The number of amides is 1. The van der Waals surface area contributed by atoms with Crippen LogP contribution in [0.15, 0.2) is 58.8 Å². The topological polar surface area (TPSA) is 88.6 Å². The molecule has 34 heavy (non-hydrogen) atoms. The van der Waals surface area contributed by atoms with Crippen molar-refractivity contribution in [2.45, 2.75) is 38.1 Å². The van der Waals surface area contributed by atoms with E-state index in [1.54, 1.807) is 35.6 Å². The number of aromatic nitrogens is 1. The van der Waals surface area contributed by atoms with Gasteiger partial charge in [-0.05, 0) is 56.5 Å². The minimum Gasteiger partial charge on any atom is -0.494 e. The zero-order valence-corrected chi connectivity index (χ0v) is 21.0. The second-order valence-corrected chi connectivity index (χ2v) is 11.2. The number of nitrogens with one attached hydrogen (secondary N) is 1. The fourth-order valence-corrected chi connectivity index (χ4v) is 6.10. The Balaban J connectivity index is 1.28. The number of carbonyl (C=O) groups is 1. The molecule has 1 N–H and O–H groups in total. The number of piperidine rings is 1. The number of ether oxygens (including phenoxy) is 1. The van der Waals surface area contributed by atoms with Crippen molar-refractivity contribution >= 4 is 27.3 Å². The monoisotopic (exact) mass is 499 g/mol. The van der Waals surface area contributed by atoms with Crippen molar-refractivity contribution in [3.05, 3.63) is 64.5 Å². The van der Waals surface area contributed by atoms with Crippen molar-refractivity contribution in [2.75, 3.05) is 19.7 Å². The lowest BCUT2D eigenvalue weighted by Gasteiger charge is -2.30. The lowest BCUT2D eigenvalue weighted by Crippen LogP contribution is -2.42. The van der Waals surface area contributed by atoms with Gasteiger partial charge in [-0.2, -0.15) is 4.31 Å². The molecule has 1 amide bonds. The first-order valence-corrected chi connectivity index (χ1v) is 13.7. The normalized spacial score (nSPS) is 15.2. The Morgan fingerprint density at radius 1 is 1.12 bits per heavy atom. The molecule has 1 fully saturated rings. The molecule has 1 aromatic heterocycles. The van der Waals surface area contributed by atoms with Gasteiger partial charge < -0.3 is 10.1 Å². The van der Waals surface area contributed by atoms with Crippen LogP contribution in [0.2, 0.25) is 0 Å². The number of nitrogens with zero attached hydrogens (tertiary/aromatic N) is 2. The third-order valence-corrected chi connectivity index (χ3v) is 8.62. The molecule has 4 rings (SSSR count). The van der Waals surface area contributed by atoms with Gasteiger partial charge in [0.25, 0.3) is 0 Å². The summed E-state index contributed by atoms with van der Waals surface area (Å²) < 4.78 is 32.8. The van der Waals surface area contributed by atoms with Crippen LogP contribution in [0.25, 0.3) is 11.3 Å². The molecule has 3 aromatic rings. The predicted molar refractivity (Wildman–Crippen MR) is 133 cm³/mol. The number of rotatable bonds is 8. The van der Waals surface area contributed by atoms with Crippen LogP contribution >= 0.6 is 11.3 Å². The van der Waals surface area contributed by atoms with E-state index in [1.165, 1.54) is 4.31 Å². The molecule has 180 valence electrons. The number of thiazole rings is 1. The van der Waals surface area contributed by atoms with E-state index < -0.39 is 10.0 Å². The van der Waals surface area contributed by atoms with Crippen LogP contribution in [-0.4, -0.2) is 43.3 Å². The summed E-state index contributed by atoms with van der Waals surface area (Å²) in [6, 6.07) is 14.5. The summed E-state index contributed by atoms with van der Waals surface area (Å²) in [5.41, 5.74) is 3.03. The van der Waals surface area contributed by atoms with E-state index in [2.05, 4.69) is 10.3 Å². The second-order valence-electron chi connectivity index (χ2n) is 8.25. The molecular weight excluding hydrogens is 470 g/mol. The number of sulfonamides is 1. The number of carbonyl (C=O) groups excluding carboxylic acids is 1. The second kappa shape index (κ2) is 10.7. The van der Waals surface area contributed by atoms with Gasteiger partial charge in [-0.3, -0.25) is 4.79 Å². The van der Waals surface area contributed by atoms with E-state index in [0.717, 1.165) is 21.8 Å². The maximum atomic E-state index is 13.0. The third kappa shape index (κ3) is 5.65. The number of hydrogen-bond acceptors (Lipinski definition) is 6. The maximum Gasteiger partial charge on any atom is 0.243 e. The first kappa shape index (κ1) is 24.4. The lowest BCUT2D eigenvalue weighted by atomic mass is 9.97. The number of aryl methyl sites for hydroxylation is 1. The zero-order chi connectivity index (χ0) is 24.1. The van der Waals surface area contributed by atoms with E-state index in [0.29, 0.717) is 44.8 Å². The Hall–Kier alpha value is -2.75. The standard InChI is InChI=1S/C25H29N3O4S2/c1-3-32-22-8-10-23(11-9-22)34(30,31)28-14-12-21(13-15-28)25(29)26-16-19-4-6-20(7-5-19)24-17-33-18(2)27-24/h4-11,17,21H,3,12-16H2,1-2H3,(H,26,29). The molecule has 7 nitrogen and oxygen atoms in total. The molecule has 1 saturated heterocycles. The third-order valence-electron chi connectivity index (χ3n) is 5.93. The Morgan fingerprint density at radius 3 is 2.38 bits per heavy atom. The smallest absolute Gasteiger partial charge is 0.243 e. The fourth-order valence-electron chi connectivity index (χ4n) is 4.00. The Kier molecular flexibility index (Phi) is 7.65. The van der Waals surface area contributed by atoms with Gasteiger partial charge in [0, 0.05) is 36.5 Å². The van der Waals surface area contributed by atoms with Crippen LogP contribution in [-0.2, 0) is 21.4 Å². The summed E-state index contributed by atoms with van der Waals surface area (Å²) in [7, 11) is -3.58. The van der Waals surface area contributed by atoms with Crippen molar-refractivity contribution in [1.82, 2.24) is 14.6 Å². The van der Waals surface area contributed by atoms with Gasteiger partial charge in [-0.25, -0.2) is 13.4 Å². The molecular formula is C25H29N3O4S2. The highest BCUT2D eigenvalue weighted by molar-refractivity contribution is 7.89. The summed E-state index contributed by atoms with van der Waals surface area (Å²) in [6.07, 6.45) is 1.01. The molecule has 9 heteroatoms. The summed E-state index contributed by atoms with van der Waals surface area (Å²) in [4.78, 5) is 17.4. The molecule has 0 saturated carbocycles. The van der Waals surface area contributed by atoms with E-state index in [4.69, 9.17) is 4.74 Å². The van der Waals surface area contributed by atoms with Gasteiger partial charge in [0.2, 0.25) is 15.9 Å². The number of hydrogen-bond donors (Lipinski definition) is 1. The zero-order valence-electron chi connectivity index (χ0n) is 19.4. The summed E-state index contributed by atoms with van der Waals surface area (Å²) in [6.45, 7) is 5.49. The minimum absolute atomic E-state index is 0.0303. The van der Waals surface area contributed by atoms with E-state index in [9.17, 15) is 13.2 Å². The van der Waals surface area contributed by atoms with E-state index in [1.807, 2.05) is 43.5 Å². The molecule has 0 bridgehead atoms. The van der Waals surface area contributed by atoms with Gasteiger partial charge in [-0.15, -0.1) is 11.3 Å². The van der Waals surface area contributed by atoms with Crippen LogP contribution in [0.5, 0.6) is 5.75 Å². The Bertz CT molecular complexity index is 1210. The first-order chi connectivity index (χ1) is 16.4. The van der Waals surface area contributed by atoms with Crippen molar-refractivity contribution < 1.29 is 17.9 Å². The quantitative estimate of drug-likeness (QED) is 0.501. The summed E-state index contributed by atoms with van der Waals surface area (Å²) in [5.74, 6) is 0.422. The summed E-state index contributed by atoms with van der Waals surface area (Å²) in [5, 5.41) is 6.07. The highest BCUT2D eigenvalue weighted by atomic mass is 32.2. The molecule has 0 unspecified atom stereocenters. The Labute approximate surface area is 204 Å². The van der Waals surface area contributed by atoms with E-state index in [-0.39, 0.29) is 16.7 Å². The largest absolute Gasteiger partial charge is 0.494 e. The van der Waals surface area contributed by atoms with Gasteiger partial charge >= 0.3 is 0 Å². The van der Waals surface area contributed by atoms with Crippen molar-refractivity contribution in [3.8, 4) is 17.0 Å². The van der Waals surface area contributed by atoms with Gasteiger partial charge in [0.15, 0.2) is 0 Å². The van der Waals surface area contributed by atoms with Crippen molar-refractivity contribution in [1.29, 1.82) is 0 Å². The van der Waals surface area contributed by atoms with Crippen LogP contribution in [0.4, 0.5) is 0 Å². The Morgan fingerprint density at radius 2 is 1.79 bits per heavy atom. The molecule has 0 aliphatic carbocycles. The first-order valence-electron chi connectivity index (χ1n) is 11.4. The van der Waals surface area contributed by atoms with Crippen molar-refractivity contribution in [2.24, 2.45) is 5.92 Å². The minimum atomic E-state index is -3.58. The predicted octanol–water partition coefficient (Wildman–Crippen LogP) is 4.23. The van der Waals surface area contributed by atoms with Crippen LogP contribution in [0.1, 0.15) is 30.3 Å². The number of benzene rings is 2. The molecule has 1 aliphatic rings. The highest BCUT2D eigenvalue weighted by Crippen LogP contribution is 2.26. The van der Waals surface area contributed by atoms with Gasteiger partial charge in [0.1, 0.15) is 5.75 Å². The highest BCUT2D eigenvalue weighted by Gasteiger charge is 2.32. The summed E-state index contributed by atoms with van der Waals surface area (Å²) >= 11 is 1.62. The molecule has 0 radical (unpaired) electrons. The average Bonchev–Trinajstić information content (AvgIpc) is 3.30. The SMILES string of the molecule is CCOc1ccc(S(=O)(=O)N2CCC(C(=O)NCc3ccc(-c4csc(C)n4)cc3)CC2)cc1. The van der Waals surface area contributed by atoms with Crippen LogP contribution < -0.4 is 10.1 Å². The molecule has 0 spiro atoms. The van der Waals surface area contributed by atoms with Crippen LogP contribution in [0.3, 0.4) is 0 Å². The average molecular weight is 500 g/mol. The lowest BCUT2D eigenvalue weighted by molar-refractivity contribution is -0.126. The molecule has 2 heterocycles. The van der Waals surface area contributed by atoms with Crippen molar-refractivity contribution in [3.63, 3.8) is 0 Å². The molecule has 0 atom stereocenters. The van der Waals surface area contributed by atoms with Gasteiger partial charge in [-0.1, -0.05) is 24.3 Å². The van der Waals surface area contributed by atoms with Gasteiger partial charge in [0.05, 0.1) is 22.2 Å². The molecule has 1 aliphatic heterocycles. The fraction of sp³-hybridized carbons (Fsp3) is 0.360. The maximum absolute atomic E-state index is 13.0. The van der Waals surface area contributed by atoms with Crippen LogP contribution in [0, 0.1) is 12.8 Å².